The minimum Gasteiger partial charge on any atom is -0.355 e. The van der Waals surface area contributed by atoms with Gasteiger partial charge in [-0.25, -0.2) is 0 Å². The van der Waals surface area contributed by atoms with Crippen molar-refractivity contribution in [3.63, 3.8) is 0 Å². The lowest BCUT2D eigenvalue weighted by molar-refractivity contribution is 0.730. The van der Waals surface area contributed by atoms with Crippen LogP contribution in [0.5, 0.6) is 0 Å². The van der Waals surface area contributed by atoms with Gasteiger partial charge in [-0.2, -0.15) is 0 Å². The Kier molecular flexibility index (Phi) is 5.01. The molecule has 0 radical (unpaired) electrons. The van der Waals surface area contributed by atoms with E-state index in [1.807, 2.05) is 0 Å². The molecule has 0 bridgehead atoms. The molecule has 4 aromatic rings. The van der Waals surface area contributed by atoms with Gasteiger partial charge in [0.25, 0.3) is 0 Å². The number of benzene rings is 3. The highest BCUT2D eigenvalue weighted by molar-refractivity contribution is 6.06. The Balaban J connectivity index is 1.95. The average molecular weight is 355 g/mol. The largest absolute Gasteiger partial charge is 0.355 e. The highest BCUT2D eigenvalue weighted by atomic mass is 15.3. The SMILES string of the molecule is CCCN(CCC)c1nnc(-c2cccc3ccccc23)c2ccccc12. The first-order chi connectivity index (χ1) is 13.3. The average Bonchev–Trinajstić information content (AvgIpc) is 2.72. The lowest BCUT2D eigenvalue weighted by Gasteiger charge is -2.24. The molecule has 3 aromatic carbocycles. The van der Waals surface area contributed by atoms with Crippen LogP contribution < -0.4 is 4.90 Å². The molecule has 0 atom stereocenters. The second-order valence-corrected chi connectivity index (χ2v) is 6.93. The molecule has 1 heterocycles. The summed E-state index contributed by atoms with van der Waals surface area (Å²) in [7, 11) is 0. The normalized spacial score (nSPS) is 11.2. The van der Waals surface area contributed by atoms with Gasteiger partial charge in [0.2, 0.25) is 0 Å². The molecule has 0 spiro atoms. The van der Waals surface area contributed by atoms with Crippen molar-refractivity contribution in [2.45, 2.75) is 26.7 Å². The van der Waals surface area contributed by atoms with Gasteiger partial charge in [-0.05, 0) is 23.6 Å². The van der Waals surface area contributed by atoms with Gasteiger partial charge in [-0.3, -0.25) is 0 Å². The number of hydrogen-bond acceptors (Lipinski definition) is 3. The van der Waals surface area contributed by atoms with Crippen LogP contribution in [-0.2, 0) is 0 Å². The second-order valence-electron chi connectivity index (χ2n) is 6.93. The van der Waals surface area contributed by atoms with Gasteiger partial charge in [0.05, 0.1) is 0 Å². The van der Waals surface area contributed by atoms with E-state index in [2.05, 4.69) is 85.5 Å². The summed E-state index contributed by atoms with van der Waals surface area (Å²) in [6.45, 7) is 6.42. The summed E-state index contributed by atoms with van der Waals surface area (Å²) in [6, 6.07) is 23.4. The molecule has 0 saturated carbocycles. The Morgan fingerprint density at radius 3 is 2.04 bits per heavy atom. The topological polar surface area (TPSA) is 29.0 Å². The van der Waals surface area contributed by atoms with E-state index in [0.29, 0.717) is 0 Å². The lowest BCUT2D eigenvalue weighted by Crippen LogP contribution is -2.26. The van der Waals surface area contributed by atoms with Crippen molar-refractivity contribution in [1.29, 1.82) is 0 Å². The number of anilines is 1. The molecule has 0 saturated heterocycles. The van der Waals surface area contributed by atoms with Crippen LogP contribution in [0.1, 0.15) is 26.7 Å². The van der Waals surface area contributed by atoms with E-state index >= 15 is 0 Å². The predicted molar refractivity (Wildman–Crippen MR) is 115 cm³/mol. The van der Waals surface area contributed by atoms with Crippen molar-refractivity contribution in [1.82, 2.24) is 10.2 Å². The molecule has 0 unspecified atom stereocenters. The molecule has 0 aliphatic rings. The molecule has 136 valence electrons. The molecule has 3 nitrogen and oxygen atoms in total. The molecule has 0 aliphatic carbocycles. The molecule has 0 aliphatic heterocycles. The quantitative estimate of drug-likeness (QED) is 0.420. The van der Waals surface area contributed by atoms with Crippen LogP contribution in [0.15, 0.2) is 66.7 Å². The summed E-state index contributed by atoms with van der Waals surface area (Å²) in [6.07, 6.45) is 2.20. The fourth-order valence-corrected chi connectivity index (χ4v) is 3.82. The fraction of sp³-hybridized carbons (Fsp3) is 0.250. The third-order valence-electron chi connectivity index (χ3n) is 5.00. The number of aromatic nitrogens is 2. The molecule has 0 amide bonds. The van der Waals surface area contributed by atoms with Crippen LogP contribution in [0.25, 0.3) is 32.8 Å². The Bertz CT molecular complexity index is 1060. The van der Waals surface area contributed by atoms with Crippen molar-refractivity contribution in [2.24, 2.45) is 0 Å². The van der Waals surface area contributed by atoms with E-state index in [-0.39, 0.29) is 0 Å². The van der Waals surface area contributed by atoms with E-state index < -0.39 is 0 Å². The lowest BCUT2D eigenvalue weighted by atomic mass is 9.98. The van der Waals surface area contributed by atoms with Crippen LogP contribution in [0.2, 0.25) is 0 Å². The standard InChI is InChI=1S/C24H25N3/c1-3-16-27(17-4-2)24-22-14-8-7-13-21(22)23(25-26-24)20-15-9-11-18-10-5-6-12-19(18)20/h5-15H,3-4,16-17H2,1-2H3. The van der Waals surface area contributed by atoms with Crippen LogP contribution in [0, 0.1) is 0 Å². The smallest absolute Gasteiger partial charge is 0.159 e. The maximum atomic E-state index is 4.72. The van der Waals surface area contributed by atoms with Crippen molar-refractivity contribution < 1.29 is 0 Å². The second kappa shape index (κ2) is 7.75. The van der Waals surface area contributed by atoms with Crippen molar-refractivity contribution in [3.8, 4) is 11.3 Å². The molecule has 0 fully saturated rings. The summed E-state index contributed by atoms with van der Waals surface area (Å²) < 4.78 is 0. The van der Waals surface area contributed by atoms with Crippen LogP contribution in [0.3, 0.4) is 0 Å². The molecule has 4 rings (SSSR count). The van der Waals surface area contributed by atoms with Crippen LogP contribution in [-0.4, -0.2) is 23.3 Å². The number of rotatable bonds is 6. The Morgan fingerprint density at radius 1 is 0.667 bits per heavy atom. The first-order valence-electron chi connectivity index (χ1n) is 9.82. The molecule has 0 N–H and O–H groups in total. The Morgan fingerprint density at radius 2 is 1.30 bits per heavy atom. The van der Waals surface area contributed by atoms with Gasteiger partial charge in [-0.1, -0.05) is 80.6 Å². The zero-order valence-electron chi connectivity index (χ0n) is 16.0. The molecule has 27 heavy (non-hydrogen) atoms. The summed E-state index contributed by atoms with van der Waals surface area (Å²) >= 11 is 0. The third kappa shape index (κ3) is 3.25. The summed E-state index contributed by atoms with van der Waals surface area (Å²) in [5.41, 5.74) is 2.10. The van der Waals surface area contributed by atoms with Gasteiger partial charge in [-0.15, -0.1) is 10.2 Å². The maximum Gasteiger partial charge on any atom is 0.159 e. The fourth-order valence-electron chi connectivity index (χ4n) is 3.82. The summed E-state index contributed by atoms with van der Waals surface area (Å²) in [5.74, 6) is 0.998. The Hall–Kier alpha value is -2.94. The highest BCUT2D eigenvalue weighted by Gasteiger charge is 2.16. The van der Waals surface area contributed by atoms with Gasteiger partial charge < -0.3 is 4.90 Å². The van der Waals surface area contributed by atoms with E-state index in [1.165, 1.54) is 16.2 Å². The minimum atomic E-state index is 0.957. The number of fused-ring (bicyclic) bond motifs is 2. The van der Waals surface area contributed by atoms with E-state index in [4.69, 9.17) is 10.2 Å². The van der Waals surface area contributed by atoms with E-state index in [0.717, 1.165) is 48.4 Å². The first kappa shape index (κ1) is 17.5. The Labute approximate surface area is 160 Å². The van der Waals surface area contributed by atoms with Crippen molar-refractivity contribution in [2.75, 3.05) is 18.0 Å². The van der Waals surface area contributed by atoms with E-state index in [9.17, 15) is 0 Å². The zero-order valence-corrected chi connectivity index (χ0v) is 16.0. The predicted octanol–water partition coefficient (Wildman–Crippen LogP) is 6.08. The number of hydrogen-bond donors (Lipinski definition) is 0. The minimum absolute atomic E-state index is 0.957. The monoisotopic (exact) mass is 355 g/mol. The highest BCUT2D eigenvalue weighted by Crippen LogP contribution is 2.34. The van der Waals surface area contributed by atoms with Gasteiger partial charge in [0.1, 0.15) is 5.69 Å². The third-order valence-corrected chi connectivity index (χ3v) is 5.00. The number of nitrogens with zero attached hydrogens (tertiary/aromatic N) is 3. The zero-order chi connectivity index (χ0) is 18.6. The molecule has 3 heteroatoms. The molecular weight excluding hydrogens is 330 g/mol. The van der Waals surface area contributed by atoms with Gasteiger partial charge in [0.15, 0.2) is 5.82 Å². The van der Waals surface area contributed by atoms with Crippen molar-refractivity contribution in [3.05, 3.63) is 66.7 Å². The molecule has 1 aromatic heterocycles. The first-order valence-corrected chi connectivity index (χ1v) is 9.82. The van der Waals surface area contributed by atoms with Gasteiger partial charge >= 0.3 is 0 Å². The molecular formula is C24H25N3. The van der Waals surface area contributed by atoms with Gasteiger partial charge in [0, 0.05) is 29.4 Å². The van der Waals surface area contributed by atoms with Crippen LogP contribution in [0.4, 0.5) is 5.82 Å². The maximum absolute atomic E-state index is 4.72. The van der Waals surface area contributed by atoms with Crippen LogP contribution >= 0.6 is 0 Å². The van der Waals surface area contributed by atoms with Crippen molar-refractivity contribution >= 4 is 27.4 Å². The summed E-state index contributed by atoms with van der Waals surface area (Å²) in [4.78, 5) is 2.36. The summed E-state index contributed by atoms with van der Waals surface area (Å²) in [5, 5.41) is 14.2. The van der Waals surface area contributed by atoms with E-state index in [1.54, 1.807) is 0 Å².